The number of aromatic nitrogens is 2. The van der Waals surface area contributed by atoms with Crippen molar-refractivity contribution in [3.63, 3.8) is 0 Å². The number of nitrogens with zero attached hydrogens (tertiary/aromatic N) is 2. The molecule has 1 unspecified atom stereocenters. The van der Waals surface area contributed by atoms with Gasteiger partial charge < -0.3 is 15.2 Å². The number of nitrogens with one attached hydrogen (secondary N) is 1. The second-order valence-corrected chi connectivity index (χ2v) is 7.70. The molecule has 0 radical (unpaired) electrons. The molecular formula is C22H17BrClN3O2. The van der Waals surface area contributed by atoms with Crippen LogP contribution in [0, 0.1) is 0 Å². The fraction of sp³-hybridized carbons (Fsp3) is 0.0909. The number of aromatic hydroxyl groups is 1. The second kappa shape index (κ2) is 8.27. The van der Waals surface area contributed by atoms with Crippen LogP contribution in [0.1, 0.15) is 17.2 Å². The van der Waals surface area contributed by atoms with Gasteiger partial charge in [-0.05, 0) is 48.5 Å². The highest BCUT2D eigenvalue weighted by Gasteiger charge is 2.25. The van der Waals surface area contributed by atoms with E-state index in [1.54, 1.807) is 31.6 Å². The van der Waals surface area contributed by atoms with Gasteiger partial charge in [-0.2, -0.15) is 0 Å². The van der Waals surface area contributed by atoms with E-state index in [-0.39, 0.29) is 5.75 Å². The normalized spacial score (nSPS) is 12.0. The Morgan fingerprint density at radius 3 is 2.62 bits per heavy atom. The highest BCUT2D eigenvalue weighted by atomic mass is 79.9. The molecule has 0 aliphatic rings. The molecule has 2 heterocycles. The Morgan fingerprint density at radius 2 is 1.86 bits per heavy atom. The topological polar surface area (TPSA) is 67.3 Å². The fourth-order valence-corrected chi connectivity index (χ4v) is 3.92. The minimum absolute atomic E-state index is 0.0560. The van der Waals surface area contributed by atoms with Crippen molar-refractivity contribution in [3.05, 3.63) is 87.6 Å². The predicted molar refractivity (Wildman–Crippen MR) is 119 cm³/mol. The van der Waals surface area contributed by atoms with Gasteiger partial charge in [-0.1, -0.05) is 33.6 Å². The molecule has 0 aliphatic carbocycles. The maximum atomic E-state index is 11.1. The van der Waals surface area contributed by atoms with Crippen molar-refractivity contribution < 1.29 is 9.84 Å². The number of hydrogen-bond donors (Lipinski definition) is 2. The average molecular weight is 471 g/mol. The SMILES string of the molecule is COc1ccc(Br)cc1C(Nc1ccccn1)c1cc(Cl)c2cccnc2c1O. The van der Waals surface area contributed by atoms with E-state index in [0.29, 0.717) is 33.1 Å². The first-order valence-corrected chi connectivity index (χ1v) is 10.0. The van der Waals surface area contributed by atoms with Crippen LogP contribution in [0.25, 0.3) is 10.9 Å². The monoisotopic (exact) mass is 469 g/mol. The Bertz CT molecular complexity index is 1170. The van der Waals surface area contributed by atoms with Gasteiger partial charge in [-0.3, -0.25) is 4.98 Å². The van der Waals surface area contributed by atoms with Crippen LogP contribution in [0.3, 0.4) is 0 Å². The first kappa shape index (κ1) is 19.5. The number of halogens is 2. The first-order valence-electron chi connectivity index (χ1n) is 8.85. The van der Waals surface area contributed by atoms with Crippen molar-refractivity contribution in [3.8, 4) is 11.5 Å². The predicted octanol–water partition coefficient (Wildman–Crippen LogP) is 5.96. The lowest BCUT2D eigenvalue weighted by Crippen LogP contribution is -2.15. The minimum atomic E-state index is -0.485. The number of phenols is 1. The molecule has 0 saturated heterocycles. The fourth-order valence-electron chi connectivity index (χ4n) is 3.28. The molecule has 2 aromatic heterocycles. The van der Waals surface area contributed by atoms with Gasteiger partial charge in [0.2, 0.25) is 0 Å². The van der Waals surface area contributed by atoms with Crippen LogP contribution < -0.4 is 10.1 Å². The standard InChI is InChI=1S/C22H17BrClN3O2/c1-29-18-8-7-13(23)11-15(18)20(27-19-6-2-3-9-25-19)16-12-17(24)14-5-4-10-26-21(14)22(16)28/h2-12,20,28H,1H3,(H,25,27). The lowest BCUT2D eigenvalue weighted by molar-refractivity contribution is 0.407. The summed E-state index contributed by atoms with van der Waals surface area (Å²) >= 11 is 10.1. The quantitative estimate of drug-likeness (QED) is 0.377. The van der Waals surface area contributed by atoms with E-state index in [1.165, 1.54) is 0 Å². The summed E-state index contributed by atoms with van der Waals surface area (Å²) in [6.45, 7) is 0. The molecule has 146 valence electrons. The number of phenolic OH excluding ortho intramolecular Hbond substituents is 1. The van der Waals surface area contributed by atoms with Crippen LogP contribution in [0.4, 0.5) is 5.82 Å². The molecule has 0 bridgehead atoms. The van der Waals surface area contributed by atoms with Gasteiger partial charge in [0.05, 0.1) is 18.2 Å². The summed E-state index contributed by atoms with van der Waals surface area (Å²) in [5, 5.41) is 15.7. The van der Waals surface area contributed by atoms with Crippen LogP contribution in [-0.4, -0.2) is 22.2 Å². The van der Waals surface area contributed by atoms with Gasteiger partial charge in [-0.15, -0.1) is 0 Å². The summed E-state index contributed by atoms with van der Waals surface area (Å²) < 4.78 is 6.47. The molecule has 1 atom stereocenters. The molecule has 0 aliphatic heterocycles. The van der Waals surface area contributed by atoms with Crippen molar-refractivity contribution in [2.24, 2.45) is 0 Å². The molecule has 2 aromatic carbocycles. The van der Waals surface area contributed by atoms with Crippen molar-refractivity contribution in [1.29, 1.82) is 0 Å². The maximum Gasteiger partial charge on any atom is 0.147 e. The van der Waals surface area contributed by atoms with Crippen LogP contribution >= 0.6 is 27.5 Å². The number of pyridine rings is 2. The van der Waals surface area contributed by atoms with E-state index in [1.807, 2.05) is 42.5 Å². The molecule has 5 nitrogen and oxygen atoms in total. The van der Waals surface area contributed by atoms with Gasteiger partial charge in [0.1, 0.15) is 22.8 Å². The van der Waals surface area contributed by atoms with Gasteiger partial charge in [0, 0.05) is 33.4 Å². The van der Waals surface area contributed by atoms with Crippen LogP contribution in [0.5, 0.6) is 11.5 Å². The number of ether oxygens (including phenoxy) is 1. The summed E-state index contributed by atoms with van der Waals surface area (Å²) in [5.41, 5.74) is 1.83. The molecule has 29 heavy (non-hydrogen) atoms. The van der Waals surface area contributed by atoms with Gasteiger partial charge in [0.15, 0.2) is 0 Å². The van der Waals surface area contributed by atoms with Crippen LogP contribution in [-0.2, 0) is 0 Å². The van der Waals surface area contributed by atoms with Gasteiger partial charge >= 0.3 is 0 Å². The Morgan fingerprint density at radius 1 is 1.03 bits per heavy atom. The molecule has 0 amide bonds. The van der Waals surface area contributed by atoms with E-state index in [4.69, 9.17) is 16.3 Å². The molecule has 0 spiro atoms. The summed E-state index contributed by atoms with van der Waals surface area (Å²) in [6.07, 6.45) is 3.33. The third-order valence-corrected chi connectivity index (χ3v) is 5.42. The third-order valence-electron chi connectivity index (χ3n) is 4.62. The number of methoxy groups -OCH3 is 1. The number of benzene rings is 2. The molecular weight excluding hydrogens is 454 g/mol. The second-order valence-electron chi connectivity index (χ2n) is 6.37. The Balaban J connectivity index is 1.95. The molecule has 7 heteroatoms. The number of hydrogen-bond acceptors (Lipinski definition) is 5. The summed E-state index contributed by atoms with van der Waals surface area (Å²) in [4.78, 5) is 8.70. The van der Waals surface area contributed by atoms with Crippen LogP contribution in [0.2, 0.25) is 5.02 Å². The van der Waals surface area contributed by atoms with Crippen molar-refractivity contribution in [2.45, 2.75) is 6.04 Å². The molecule has 4 aromatic rings. The summed E-state index contributed by atoms with van der Waals surface area (Å²) in [5.74, 6) is 1.37. The van der Waals surface area contributed by atoms with Crippen molar-refractivity contribution in [1.82, 2.24) is 9.97 Å². The Kier molecular flexibility index (Phi) is 5.56. The number of rotatable bonds is 5. The zero-order valence-electron chi connectivity index (χ0n) is 15.4. The highest BCUT2D eigenvalue weighted by Crippen LogP contribution is 2.42. The third kappa shape index (κ3) is 3.86. The van der Waals surface area contributed by atoms with Gasteiger partial charge in [0.25, 0.3) is 0 Å². The van der Waals surface area contributed by atoms with E-state index in [0.717, 1.165) is 10.0 Å². The molecule has 2 N–H and O–H groups in total. The number of anilines is 1. The highest BCUT2D eigenvalue weighted by molar-refractivity contribution is 9.10. The van der Waals surface area contributed by atoms with E-state index in [2.05, 4.69) is 31.2 Å². The van der Waals surface area contributed by atoms with E-state index >= 15 is 0 Å². The van der Waals surface area contributed by atoms with Crippen molar-refractivity contribution in [2.75, 3.05) is 12.4 Å². The lowest BCUT2D eigenvalue weighted by Gasteiger charge is -2.24. The average Bonchev–Trinajstić information content (AvgIpc) is 2.75. The molecule has 4 rings (SSSR count). The Labute approximate surface area is 181 Å². The smallest absolute Gasteiger partial charge is 0.147 e. The molecule has 0 saturated carbocycles. The van der Waals surface area contributed by atoms with E-state index < -0.39 is 6.04 Å². The molecule has 0 fully saturated rings. The lowest BCUT2D eigenvalue weighted by atomic mass is 9.95. The Hall–Kier alpha value is -2.83. The summed E-state index contributed by atoms with van der Waals surface area (Å²) in [6, 6.07) is 16.2. The largest absolute Gasteiger partial charge is 0.505 e. The zero-order chi connectivity index (χ0) is 20.4. The minimum Gasteiger partial charge on any atom is -0.505 e. The van der Waals surface area contributed by atoms with Crippen molar-refractivity contribution >= 4 is 44.3 Å². The zero-order valence-corrected chi connectivity index (χ0v) is 17.8. The first-order chi connectivity index (χ1) is 14.1. The van der Waals surface area contributed by atoms with Crippen LogP contribution in [0.15, 0.2) is 71.5 Å². The number of fused-ring (bicyclic) bond motifs is 1. The maximum absolute atomic E-state index is 11.1. The summed E-state index contributed by atoms with van der Waals surface area (Å²) in [7, 11) is 1.61. The van der Waals surface area contributed by atoms with Gasteiger partial charge in [-0.25, -0.2) is 4.98 Å². The van der Waals surface area contributed by atoms with E-state index in [9.17, 15) is 5.11 Å².